The van der Waals surface area contributed by atoms with Gasteiger partial charge in [0.1, 0.15) is 17.4 Å². The number of aryl methyl sites for hydroxylation is 2. The van der Waals surface area contributed by atoms with Crippen LogP contribution < -0.4 is 0 Å². The van der Waals surface area contributed by atoms with Gasteiger partial charge in [0.15, 0.2) is 0 Å². The number of ether oxygens (including phenoxy) is 1. The van der Waals surface area contributed by atoms with Crippen LogP contribution in [0.15, 0.2) is 17.7 Å². The highest BCUT2D eigenvalue weighted by molar-refractivity contribution is 5.97. The first-order valence-corrected chi connectivity index (χ1v) is 5.00. The highest BCUT2D eigenvalue weighted by Crippen LogP contribution is 2.24. The first-order chi connectivity index (χ1) is 7.99. The van der Waals surface area contributed by atoms with E-state index in [0.29, 0.717) is 16.7 Å². The normalized spacial score (nSPS) is 10.8. The minimum atomic E-state index is -0.670. The summed E-state index contributed by atoms with van der Waals surface area (Å²) in [5, 5.41) is 18.4. The van der Waals surface area contributed by atoms with Crippen LogP contribution in [0.5, 0.6) is 5.75 Å². The van der Waals surface area contributed by atoms with Crippen molar-refractivity contribution >= 4 is 12.0 Å². The van der Waals surface area contributed by atoms with E-state index >= 15 is 0 Å². The maximum atomic E-state index is 11.2. The van der Waals surface area contributed by atoms with Crippen molar-refractivity contribution in [3.05, 3.63) is 34.4 Å². The lowest BCUT2D eigenvalue weighted by molar-refractivity contribution is -0.135. The molecule has 1 aromatic rings. The predicted octanol–water partition coefficient (Wildman–Crippen LogP) is 2.09. The number of phenolic OH excluding ortho intramolecular Hbond substituents is 1. The molecule has 0 amide bonds. The van der Waals surface area contributed by atoms with E-state index in [4.69, 9.17) is 5.26 Å². The van der Waals surface area contributed by atoms with Gasteiger partial charge in [-0.1, -0.05) is 0 Å². The van der Waals surface area contributed by atoms with E-state index < -0.39 is 5.97 Å². The fourth-order valence-corrected chi connectivity index (χ4v) is 1.49. The standard InChI is InChI=1S/C13H13NO3/c1-8-4-10(5-9(2)12(8)15)6-11(7-14)13(16)17-3/h4-6,15H,1-3H3/b11-6+. The quantitative estimate of drug-likeness (QED) is 0.480. The number of benzene rings is 1. The molecule has 0 aromatic heterocycles. The van der Waals surface area contributed by atoms with Gasteiger partial charge in [-0.2, -0.15) is 5.26 Å². The van der Waals surface area contributed by atoms with Gasteiger partial charge in [0.2, 0.25) is 0 Å². The van der Waals surface area contributed by atoms with Gasteiger partial charge in [0.25, 0.3) is 0 Å². The van der Waals surface area contributed by atoms with E-state index in [1.165, 1.54) is 13.2 Å². The van der Waals surface area contributed by atoms with E-state index in [1.807, 2.05) is 0 Å². The van der Waals surface area contributed by atoms with Gasteiger partial charge in [0, 0.05) is 0 Å². The molecule has 1 N–H and O–H groups in total. The van der Waals surface area contributed by atoms with Gasteiger partial charge >= 0.3 is 5.97 Å². The third kappa shape index (κ3) is 2.85. The zero-order valence-electron chi connectivity index (χ0n) is 9.94. The van der Waals surface area contributed by atoms with Gasteiger partial charge in [-0.25, -0.2) is 4.79 Å². The molecule has 0 aliphatic carbocycles. The Bertz CT molecular complexity index is 501. The molecule has 17 heavy (non-hydrogen) atoms. The maximum Gasteiger partial charge on any atom is 0.348 e. The fraction of sp³-hybridized carbons (Fsp3) is 0.231. The molecule has 0 bridgehead atoms. The van der Waals surface area contributed by atoms with E-state index in [0.717, 1.165) is 0 Å². The zero-order chi connectivity index (χ0) is 13.0. The molecular formula is C13H13NO3. The Hall–Kier alpha value is -2.28. The first-order valence-electron chi connectivity index (χ1n) is 5.00. The fourth-order valence-electron chi connectivity index (χ4n) is 1.49. The molecule has 0 saturated heterocycles. The third-order valence-corrected chi connectivity index (χ3v) is 2.35. The first kappa shape index (κ1) is 12.8. The SMILES string of the molecule is COC(=O)/C(C#N)=C/c1cc(C)c(O)c(C)c1. The Morgan fingerprint density at radius 1 is 1.41 bits per heavy atom. The van der Waals surface area contributed by atoms with Crippen LogP contribution in [-0.4, -0.2) is 18.2 Å². The summed E-state index contributed by atoms with van der Waals surface area (Å²) in [6.07, 6.45) is 1.44. The maximum absolute atomic E-state index is 11.2. The molecule has 0 unspecified atom stereocenters. The smallest absolute Gasteiger partial charge is 0.348 e. The molecule has 0 radical (unpaired) electrons. The van der Waals surface area contributed by atoms with Gasteiger partial charge in [0.05, 0.1) is 7.11 Å². The molecule has 4 heteroatoms. The Kier molecular flexibility index (Phi) is 3.89. The van der Waals surface area contributed by atoms with Crippen molar-refractivity contribution in [3.63, 3.8) is 0 Å². The molecule has 0 aliphatic heterocycles. The Balaban J connectivity index is 3.23. The Labute approximate surface area is 99.8 Å². The van der Waals surface area contributed by atoms with Crippen LogP contribution >= 0.6 is 0 Å². The average Bonchev–Trinajstić information content (AvgIpc) is 2.31. The number of phenols is 1. The lowest BCUT2D eigenvalue weighted by Gasteiger charge is -2.05. The zero-order valence-corrected chi connectivity index (χ0v) is 9.94. The van der Waals surface area contributed by atoms with E-state index in [1.54, 1.807) is 32.0 Å². The van der Waals surface area contributed by atoms with Gasteiger partial charge in [-0.15, -0.1) is 0 Å². The summed E-state index contributed by atoms with van der Waals surface area (Å²) in [6.45, 7) is 3.51. The number of carbonyl (C=O) groups excluding carboxylic acids is 1. The lowest BCUT2D eigenvalue weighted by atomic mass is 10.0. The van der Waals surface area contributed by atoms with Crippen LogP contribution in [0.1, 0.15) is 16.7 Å². The molecule has 88 valence electrons. The van der Waals surface area contributed by atoms with Crippen molar-refractivity contribution in [2.75, 3.05) is 7.11 Å². The van der Waals surface area contributed by atoms with Crippen molar-refractivity contribution in [3.8, 4) is 11.8 Å². The van der Waals surface area contributed by atoms with Crippen LogP contribution in [0.2, 0.25) is 0 Å². The molecule has 1 rings (SSSR count). The second kappa shape index (κ2) is 5.17. The summed E-state index contributed by atoms with van der Waals surface area (Å²) in [6, 6.07) is 5.17. The summed E-state index contributed by atoms with van der Waals surface area (Å²) in [5.41, 5.74) is 1.99. The number of aromatic hydroxyl groups is 1. The molecule has 1 aromatic carbocycles. The van der Waals surface area contributed by atoms with Crippen molar-refractivity contribution in [1.29, 1.82) is 5.26 Å². The highest BCUT2D eigenvalue weighted by atomic mass is 16.5. The number of nitriles is 1. The minimum absolute atomic E-state index is 0.0722. The van der Waals surface area contributed by atoms with E-state index in [-0.39, 0.29) is 11.3 Å². The topological polar surface area (TPSA) is 70.3 Å². The van der Waals surface area contributed by atoms with Gasteiger partial charge in [-0.05, 0) is 48.7 Å². The summed E-state index contributed by atoms with van der Waals surface area (Å²) < 4.78 is 4.48. The summed E-state index contributed by atoms with van der Waals surface area (Å²) in [5.74, 6) is -0.449. The number of esters is 1. The molecule has 0 atom stereocenters. The largest absolute Gasteiger partial charge is 0.507 e. The van der Waals surface area contributed by atoms with Crippen LogP contribution in [0.4, 0.5) is 0 Å². The summed E-state index contributed by atoms with van der Waals surface area (Å²) in [4.78, 5) is 11.2. The minimum Gasteiger partial charge on any atom is -0.507 e. The molecule has 0 saturated carbocycles. The lowest BCUT2D eigenvalue weighted by Crippen LogP contribution is -2.02. The summed E-state index contributed by atoms with van der Waals surface area (Å²) in [7, 11) is 1.22. The third-order valence-electron chi connectivity index (χ3n) is 2.35. The highest BCUT2D eigenvalue weighted by Gasteiger charge is 2.09. The number of rotatable bonds is 2. The number of methoxy groups -OCH3 is 1. The van der Waals surface area contributed by atoms with E-state index in [9.17, 15) is 9.90 Å². The summed E-state index contributed by atoms with van der Waals surface area (Å²) >= 11 is 0. The van der Waals surface area contributed by atoms with Crippen molar-refractivity contribution in [2.24, 2.45) is 0 Å². The second-order valence-corrected chi connectivity index (χ2v) is 3.66. The van der Waals surface area contributed by atoms with Crippen molar-refractivity contribution < 1.29 is 14.6 Å². The Morgan fingerprint density at radius 2 is 1.94 bits per heavy atom. The van der Waals surface area contributed by atoms with Crippen LogP contribution in [0, 0.1) is 25.2 Å². The average molecular weight is 231 g/mol. The molecule has 0 fully saturated rings. The molecule has 0 aliphatic rings. The predicted molar refractivity (Wildman–Crippen MR) is 63.2 cm³/mol. The monoisotopic (exact) mass is 231 g/mol. The van der Waals surface area contributed by atoms with Gasteiger partial charge < -0.3 is 9.84 Å². The number of hydrogen-bond acceptors (Lipinski definition) is 4. The molecule has 0 heterocycles. The van der Waals surface area contributed by atoms with E-state index in [2.05, 4.69) is 4.74 Å². The van der Waals surface area contributed by atoms with Crippen molar-refractivity contribution in [2.45, 2.75) is 13.8 Å². The molecule has 4 nitrogen and oxygen atoms in total. The van der Waals surface area contributed by atoms with Crippen molar-refractivity contribution in [1.82, 2.24) is 0 Å². The number of carbonyl (C=O) groups is 1. The molecular weight excluding hydrogens is 218 g/mol. The van der Waals surface area contributed by atoms with Gasteiger partial charge in [-0.3, -0.25) is 0 Å². The van der Waals surface area contributed by atoms with Crippen LogP contribution in [0.25, 0.3) is 6.08 Å². The molecule has 0 spiro atoms. The van der Waals surface area contributed by atoms with Crippen LogP contribution in [-0.2, 0) is 9.53 Å². The number of nitrogens with zero attached hydrogens (tertiary/aromatic N) is 1. The van der Waals surface area contributed by atoms with Crippen LogP contribution in [0.3, 0.4) is 0 Å². The number of hydrogen-bond donors (Lipinski definition) is 1. The second-order valence-electron chi connectivity index (χ2n) is 3.66. The Morgan fingerprint density at radius 3 is 2.35 bits per heavy atom.